The van der Waals surface area contributed by atoms with E-state index in [0.29, 0.717) is 18.2 Å². The van der Waals surface area contributed by atoms with Gasteiger partial charge in [-0.15, -0.1) is 25.6 Å². The highest BCUT2D eigenvalue weighted by atomic mass is 35.5. The molecule has 0 radical (unpaired) electrons. The van der Waals surface area contributed by atoms with E-state index >= 15 is 0 Å². The molecule has 30 heavy (non-hydrogen) atoms. The van der Waals surface area contributed by atoms with Crippen molar-refractivity contribution in [2.45, 2.75) is 37.1 Å². The van der Waals surface area contributed by atoms with Crippen molar-refractivity contribution in [1.82, 2.24) is 10.3 Å². The highest BCUT2D eigenvalue weighted by molar-refractivity contribution is 7.92. The Morgan fingerprint density at radius 1 is 1.20 bits per heavy atom. The van der Waals surface area contributed by atoms with Gasteiger partial charge in [-0.05, 0) is 56.6 Å². The lowest BCUT2D eigenvalue weighted by atomic mass is 10.2. The third kappa shape index (κ3) is 6.64. The Kier molecular flexibility index (Phi) is 7.78. The summed E-state index contributed by atoms with van der Waals surface area (Å²) >= 11 is 0. The number of pyridine rings is 1. The summed E-state index contributed by atoms with van der Waals surface area (Å²) in [6.07, 6.45) is -2.72. The number of hydrogen-bond acceptors (Lipinski definition) is 6. The van der Waals surface area contributed by atoms with Crippen molar-refractivity contribution in [3.63, 3.8) is 0 Å². The molecular formula is C18H21ClF3N3O4S. The first kappa shape index (κ1) is 24.0. The second kappa shape index (κ2) is 9.71. The van der Waals surface area contributed by atoms with Gasteiger partial charge in [-0.25, -0.2) is 13.4 Å². The molecule has 1 aliphatic rings. The van der Waals surface area contributed by atoms with Crippen LogP contribution in [0.25, 0.3) is 0 Å². The minimum atomic E-state index is -4.85. The van der Waals surface area contributed by atoms with Gasteiger partial charge in [0.1, 0.15) is 12.4 Å². The molecular weight excluding hydrogens is 447 g/mol. The van der Waals surface area contributed by atoms with Crippen molar-refractivity contribution in [3.8, 4) is 11.6 Å². The minimum Gasteiger partial charge on any atom is -0.476 e. The number of anilines is 1. The summed E-state index contributed by atoms with van der Waals surface area (Å²) in [4.78, 5) is 4.04. The van der Waals surface area contributed by atoms with Gasteiger partial charge < -0.3 is 14.8 Å². The fraction of sp³-hybridized carbons (Fsp3) is 0.389. The average Bonchev–Trinajstić information content (AvgIpc) is 3.15. The number of hydrogen-bond donors (Lipinski definition) is 2. The maximum atomic E-state index is 12.5. The molecule has 0 spiro atoms. The Balaban J connectivity index is 0.00000320. The maximum Gasteiger partial charge on any atom is 0.573 e. The predicted octanol–water partition coefficient (Wildman–Crippen LogP) is 3.64. The van der Waals surface area contributed by atoms with Crippen LogP contribution >= 0.6 is 12.4 Å². The third-order valence-electron chi connectivity index (χ3n) is 4.27. The monoisotopic (exact) mass is 467 g/mol. The molecule has 7 nitrogen and oxygen atoms in total. The average molecular weight is 468 g/mol. The molecule has 0 bridgehead atoms. The van der Waals surface area contributed by atoms with Crippen LogP contribution in [0.5, 0.6) is 11.6 Å². The number of benzene rings is 1. The number of nitrogens with zero attached hydrogens (tertiary/aromatic N) is 1. The van der Waals surface area contributed by atoms with Gasteiger partial charge in [0.2, 0.25) is 5.88 Å². The fourth-order valence-electron chi connectivity index (χ4n) is 2.84. The van der Waals surface area contributed by atoms with Gasteiger partial charge in [0.25, 0.3) is 10.0 Å². The third-order valence-corrected chi connectivity index (χ3v) is 5.65. The van der Waals surface area contributed by atoms with E-state index in [1.54, 1.807) is 13.0 Å². The second-order valence-corrected chi connectivity index (χ2v) is 8.19. The first-order valence-corrected chi connectivity index (χ1v) is 10.3. The Morgan fingerprint density at radius 2 is 1.90 bits per heavy atom. The van der Waals surface area contributed by atoms with Crippen molar-refractivity contribution < 1.29 is 31.1 Å². The Morgan fingerprint density at radius 3 is 2.47 bits per heavy atom. The lowest BCUT2D eigenvalue weighted by Crippen LogP contribution is -2.28. The molecule has 2 N–H and O–H groups in total. The summed E-state index contributed by atoms with van der Waals surface area (Å²) in [5.41, 5.74) is 0.648. The molecule has 0 saturated carbocycles. The number of rotatable bonds is 7. The molecule has 1 saturated heterocycles. The van der Waals surface area contributed by atoms with Crippen LogP contribution in [-0.2, 0) is 10.0 Å². The highest BCUT2D eigenvalue weighted by Gasteiger charge is 2.31. The number of alkyl halides is 3. The largest absolute Gasteiger partial charge is 0.573 e. The van der Waals surface area contributed by atoms with E-state index in [4.69, 9.17) is 4.74 Å². The lowest BCUT2D eigenvalue weighted by Gasteiger charge is -2.14. The smallest absolute Gasteiger partial charge is 0.476 e. The molecule has 12 heteroatoms. The molecule has 0 amide bonds. The SMILES string of the molecule is Cc1nc(OC[C@@H]2CCCN2)ccc1NS(=O)(=O)c1ccc(OC(F)(F)F)cc1.Cl. The number of sulfonamides is 1. The molecule has 1 aliphatic heterocycles. The van der Waals surface area contributed by atoms with Crippen molar-refractivity contribution in [1.29, 1.82) is 0 Å². The van der Waals surface area contributed by atoms with Crippen LogP contribution in [-0.4, -0.2) is 39.0 Å². The van der Waals surface area contributed by atoms with Crippen LogP contribution in [0.4, 0.5) is 18.9 Å². The minimum absolute atomic E-state index is 0. The molecule has 1 atom stereocenters. The zero-order valence-corrected chi connectivity index (χ0v) is 17.5. The molecule has 1 aromatic carbocycles. The van der Waals surface area contributed by atoms with Crippen LogP contribution < -0.4 is 19.5 Å². The standard InChI is InChI=1S/C18H20F3N3O4S.ClH/c1-12-16(8-9-17(23-12)27-11-13-3-2-10-22-13)24-29(25,26)15-6-4-14(5-7-15)28-18(19,20)21;/h4-9,13,22,24H,2-3,10-11H2,1H3;1H/t13-;/m0./s1. The number of nitrogens with one attached hydrogen (secondary N) is 2. The summed E-state index contributed by atoms with van der Waals surface area (Å²) in [5.74, 6) is -0.125. The van der Waals surface area contributed by atoms with E-state index in [0.717, 1.165) is 43.7 Å². The zero-order valence-electron chi connectivity index (χ0n) is 15.9. The van der Waals surface area contributed by atoms with Gasteiger partial charge in [-0.1, -0.05) is 0 Å². The number of halogens is 4. The zero-order chi connectivity index (χ0) is 21.1. The van der Waals surface area contributed by atoms with Gasteiger partial charge in [-0.2, -0.15) is 0 Å². The highest BCUT2D eigenvalue weighted by Crippen LogP contribution is 2.26. The summed E-state index contributed by atoms with van der Waals surface area (Å²) in [6.45, 7) is 3.06. The van der Waals surface area contributed by atoms with E-state index in [1.807, 2.05) is 0 Å². The molecule has 0 unspecified atom stereocenters. The molecule has 1 fully saturated rings. The van der Waals surface area contributed by atoms with E-state index in [9.17, 15) is 21.6 Å². The van der Waals surface area contributed by atoms with Crippen LogP contribution in [0, 0.1) is 6.92 Å². The first-order chi connectivity index (χ1) is 13.6. The van der Waals surface area contributed by atoms with E-state index in [1.165, 1.54) is 6.07 Å². The van der Waals surface area contributed by atoms with Crippen LogP contribution in [0.3, 0.4) is 0 Å². The van der Waals surface area contributed by atoms with Crippen molar-refractivity contribution in [2.75, 3.05) is 17.9 Å². The molecule has 166 valence electrons. The Labute approximate surface area is 178 Å². The number of aryl methyl sites for hydroxylation is 1. The van der Waals surface area contributed by atoms with E-state index in [-0.39, 0.29) is 29.0 Å². The lowest BCUT2D eigenvalue weighted by molar-refractivity contribution is -0.274. The molecule has 0 aliphatic carbocycles. The summed E-state index contributed by atoms with van der Waals surface area (Å²) in [5, 5.41) is 3.30. The summed E-state index contributed by atoms with van der Waals surface area (Å²) in [6, 6.07) is 7.27. The van der Waals surface area contributed by atoms with Gasteiger partial charge in [-0.3, -0.25) is 4.72 Å². The fourth-order valence-corrected chi connectivity index (χ4v) is 3.95. The maximum absolute atomic E-state index is 12.5. The Bertz CT molecular complexity index is 950. The number of ether oxygens (including phenoxy) is 2. The van der Waals surface area contributed by atoms with E-state index < -0.39 is 22.1 Å². The molecule has 3 rings (SSSR count). The van der Waals surface area contributed by atoms with Crippen molar-refractivity contribution in [2.24, 2.45) is 0 Å². The normalized spacial score (nSPS) is 16.6. The van der Waals surface area contributed by atoms with Gasteiger partial charge in [0, 0.05) is 12.1 Å². The molecule has 2 heterocycles. The van der Waals surface area contributed by atoms with Crippen molar-refractivity contribution in [3.05, 3.63) is 42.1 Å². The van der Waals surface area contributed by atoms with Gasteiger partial charge in [0.15, 0.2) is 0 Å². The quantitative estimate of drug-likeness (QED) is 0.646. The second-order valence-electron chi connectivity index (χ2n) is 6.51. The Hall–Kier alpha value is -2.24. The van der Waals surface area contributed by atoms with Gasteiger partial charge >= 0.3 is 6.36 Å². The topological polar surface area (TPSA) is 89.5 Å². The summed E-state index contributed by atoms with van der Waals surface area (Å²) < 4.78 is 73.4. The van der Waals surface area contributed by atoms with Crippen LogP contribution in [0.15, 0.2) is 41.3 Å². The first-order valence-electron chi connectivity index (χ1n) is 8.85. The predicted molar refractivity (Wildman–Crippen MR) is 107 cm³/mol. The van der Waals surface area contributed by atoms with Crippen LogP contribution in [0.1, 0.15) is 18.5 Å². The summed E-state index contributed by atoms with van der Waals surface area (Å²) in [7, 11) is -4.01. The van der Waals surface area contributed by atoms with Gasteiger partial charge in [0.05, 0.1) is 16.3 Å². The molecule has 2 aromatic rings. The van der Waals surface area contributed by atoms with E-state index in [2.05, 4.69) is 19.8 Å². The molecule has 1 aromatic heterocycles. The van der Waals surface area contributed by atoms with Crippen LogP contribution in [0.2, 0.25) is 0 Å². The van der Waals surface area contributed by atoms with Crippen molar-refractivity contribution >= 4 is 28.1 Å². The number of aromatic nitrogens is 1.